The number of rotatable bonds is 3. The van der Waals surface area contributed by atoms with Crippen LogP contribution in [0.1, 0.15) is 44.5 Å². The largest absolute Gasteiger partial charge is 0.121 e. The third kappa shape index (κ3) is 4.11. The molecule has 0 aliphatic rings. The molecule has 0 nitrogen and oxygen atoms in total. The second kappa shape index (κ2) is 5.85. The molecule has 0 N–H and O–H groups in total. The second-order valence-electron chi connectivity index (χ2n) is 5.25. The van der Waals surface area contributed by atoms with Crippen molar-refractivity contribution in [2.45, 2.75) is 38.9 Å². The second-order valence-corrected chi connectivity index (χ2v) is 10.1. The SMILES string of the molecule is CC(CC(Br)c1cc(Br)sc1Br)C(C)(C)C. The van der Waals surface area contributed by atoms with Gasteiger partial charge in [0.05, 0.1) is 7.57 Å². The van der Waals surface area contributed by atoms with Gasteiger partial charge in [-0.15, -0.1) is 11.3 Å². The summed E-state index contributed by atoms with van der Waals surface area (Å²) in [5, 5.41) is 0. The number of alkyl halides is 1. The van der Waals surface area contributed by atoms with Crippen LogP contribution in [0.5, 0.6) is 0 Å². The molecule has 2 unspecified atom stereocenters. The molecule has 16 heavy (non-hydrogen) atoms. The van der Waals surface area contributed by atoms with Crippen LogP contribution in [-0.4, -0.2) is 0 Å². The van der Waals surface area contributed by atoms with Crippen LogP contribution in [0.4, 0.5) is 0 Å². The zero-order valence-corrected chi connectivity index (χ0v) is 15.6. The van der Waals surface area contributed by atoms with E-state index in [1.54, 1.807) is 11.3 Å². The molecule has 0 spiro atoms. The van der Waals surface area contributed by atoms with Crippen molar-refractivity contribution >= 4 is 59.1 Å². The third-order valence-corrected chi connectivity index (χ3v) is 6.31. The highest BCUT2D eigenvalue weighted by Gasteiger charge is 2.24. The lowest BCUT2D eigenvalue weighted by Crippen LogP contribution is -2.18. The van der Waals surface area contributed by atoms with Gasteiger partial charge in [0.25, 0.3) is 0 Å². The molecule has 0 aliphatic carbocycles. The fourth-order valence-corrected chi connectivity index (χ4v) is 5.71. The summed E-state index contributed by atoms with van der Waals surface area (Å²) in [4.78, 5) is 0.429. The Morgan fingerprint density at radius 3 is 2.25 bits per heavy atom. The molecule has 92 valence electrons. The molecule has 0 aliphatic heterocycles. The summed E-state index contributed by atoms with van der Waals surface area (Å²) in [6.07, 6.45) is 1.16. The van der Waals surface area contributed by atoms with Crippen molar-refractivity contribution in [2.24, 2.45) is 11.3 Å². The minimum atomic E-state index is 0.367. The molecule has 0 saturated carbocycles. The summed E-state index contributed by atoms with van der Waals surface area (Å²) in [6.45, 7) is 9.23. The minimum Gasteiger partial charge on any atom is -0.121 e. The number of hydrogen-bond acceptors (Lipinski definition) is 1. The summed E-state index contributed by atoms with van der Waals surface area (Å²) in [5.41, 5.74) is 1.72. The monoisotopic (exact) mass is 430 g/mol. The van der Waals surface area contributed by atoms with Crippen molar-refractivity contribution in [1.82, 2.24) is 0 Å². The highest BCUT2D eigenvalue weighted by Crippen LogP contribution is 2.43. The van der Waals surface area contributed by atoms with Gasteiger partial charge in [0.1, 0.15) is 0 Å². The van der Waals surface area contributed by atoms with Crippen molar-refractivity contribution in [1.29, 1.82) is 0 Å². The van der Waals surface area contributed by atoms with Crippen LogP contribution in [0.3, 0.4) is 0 Å². The van der Waals surface area contributed by atoms with Gasteiger partial charge in [-0.2, -0.15) is 0 Å². The molecule has 0 aromatic carbocycles. The number of hydrogen-bond donors (Lipinski definition) is 0. The topological polar surface area (TPSA) is 0 Å². The van der Waals surface area contributed by atoms with Crippen molar-refractivity contribution in [3.63, 3.8) is 0 Å². The van der Waals surface area contributed by atoms with Crippen LogP contribution in [-0.2, 0) is 0 Å². The van der Waals surface area contributed by atoms with Gasteiger partial charge in [0.2, 0.25) is 0 Å². The lowest BCUT2D eigenvalue weighted by Gasteiger charge is -2.29. The van der Waals surface area contributed by atoms with E-state index < -0.39 is 0 Å². The summed E-state index contributed by atoms with van der Waals surface area (Å²) < 4.78 is 2.41. The van der Waals surface area contributed by atoms with Gasteiger partial charge in [-0.1, -0.05) is 43.6 Å². The normalized spacial score (nSPS) is 16.2. The molecule has 1 heterocycles. The van der Waals surface area contributed by atoms with Crippen molar-refractivity contribution < 1.29 is 0 Å². The van der Waals surface area contributed by atoms with Gasteiger partial charge < -0.3 is 0 Å². The Bertz CT molecular complexity index is 352. The molecule has 0 saturated heterocycles. The molecule has 0 fully saturated rings. The first kappa shape index (κ1) is 15.2. The van der Waals surface area contributed by atoms with Crippen LogP contribution < -0.4 is 0 Å². The molecule has 0 amide bonds. The lowest BCUT2D eigenvalue weighted by atomic mass is 9.79. The molecule has 2 atom stereocenters. The van der Waals surface area contributed by atoms with E-state index in [-0.39, 0.29) is 0 Å². The summed E-state index contributed by atoms with van der Waals surface area (Å²) in [5.74, 6) is 0.683. The van der Waals surface area contributed by atoms with E-state index >= 15 is 0 Å². The van der Waals surface area contributed by atoms with Crippen molar-refractivity contribution in [3.05, 3.63) is 19.2 Å². The number of halogens is 3. The van der Waals surface area contributed by atoms with Gasteiger partial charge in [-0.05, 0) is 61.2 Å². The first-order valence-corrected chi connectivity index (χ1v) is 8.62. The van der Waals surface area contributed by atoms with E-state index in [1.165, 1.54) is 13.1 Å². The van der Waals surface area contributed by atoms with Crippen LogP contribution in [0.15, 0.2) is 13.6 Å². The van der Waals surface area contributed by atoms with Gasteiger partial charge >= 0.3 is 0 Å². The van der Waals surface area contributed by atoms with Crippen LogP contribution in [0.2, 0.25) is 0 Å². The van der Waals surface area contributed by atoms with Crippen LogP contribution >= 0.6 is 59.1 Å². The Balaban J connectivity index is 2.73. The highest BCUT2D eigenvalue weighted by atomic mass is 79.9. The standard InChI is InChI=1S/C12H17Br3S/c1-7(12(2,3)4)5-9(13)8-6-10(14)16-11(8)15/h6-7,9H,5H2,1-4H3. The van der Waals surface area contributed by atoms with Crippen LogP contribution in [0.25, 0.3) is 0 Å². The van der Waals surface area contributed by atoms with Crippen molar-refractivity contribution in [3.8, 4) is 0 Å². The molecule has 0 radical (unpaired) electrons. The summed E-state index contributed by atoms with van der Waals surface area (Å²) in [6, 6.07) is 2.20. The molecular weight excluding hydrogens is 416 g/mol. The Labute approximate surface area is 128 Å². The Kier molecular flexibility index (Phi) is 5.56. The Hall–Kier alpha value is 1.14. The number of thiophene rings is 1. The predicted molar refractivity (Wildman–Crippen MR) is 84.6 cm³/mol. The van der Waals surface area contributed by atoms with E-state index in [0.717, 1.165) is 6.42 Å². The minimum absolute atomic E-state index is 0.367. The zero-order valence-electron chi connectivity index (χ0n) is 9.98. The van der Waals surface area contributed by atoms with Gasteiger partial charge in [0.15, 0.2) is 0 Å². The molecule has 0 bridgehead atoms. The van der Waals surface area contributed by atoms with E-state index in [2.05, 4.69) is 81.6 Å². The van der Waals surface area contributed by atoms with Gasteiger partial charge in [-0.3, -0.25) is 0 Å². The molecule has 1 aromatic rings. The highest BCUT2D eigenvalue weighted by molar-refractivity contribution is 9.12. The average Bonchev–Trinajstić information content (AvgIpc) is 2.43. The maximum absolute atomic E-state index is 3.80. The average molecular weight is 433 g/mol. The van der Waals surface area contributed by atoms with Crippen molar-refractivity contribution in [2.75, 3.05) is 0 Å². The van der Waals surface area contributed by atoms with E-state index in [0.29, 0.717) is 16.2 Å². The summed E-state index contributed by atoms with van der Waals surface area (Å²) in [7, 11) is 0. The Morgan fingerprint density at radius 2 is 1.88 bits per heavy atom. The fourth-order valence-electron chi connectivity index (χ4n) is 1.36. The molecule has 4 heteroatoms. The molecule has 1 rings (SSSR count). The lowest BCUT2D eigenvalue weighted by molar-refractivity contribution is 0.246. The van der Waals surface area contributed by atoms with Gasteiger partial charge in [-0.25, -0.2) is 0 Å². The van der Waals surface area contributed by atoms with E-state index in [4.69, 9.17) is 0 Å². The predicted octanol–water partition coefficient (Wildman–Crippen LogP) is 6.78. The maximum Gasteiger partial charge on any atom is 0.0753 e. The summed E-state index contributed by atoms with van der Waals surface area (Å²) >= 11 is 12.7. The fraction of sp³-hybridized carbons (Fsp3) is 0.667. The van der Waals surface area contributed by atoms with Crippen LogP contribution in [0, 0.1) is 11.3 Å². The maximum atomic E-state index is 3.80. The quantitative estimate of drug-likeness (QED) is 0.461. The van der Waals surface area contributed by atoms with Gasteiger partial charge in [0, 0.05) is 4.83 Å². The zero-order chi connectivity index (χ0) is 12.5. The third-order valence-electron chi connectivity index (χ3n) is 3.06. The smallest absolute Gasteiger partial charge is 0.0753 e. The Morgan fingerprint density at radius 1 is 1.31 bits per heavy atom. The van der Waals surface area contributed by atoms with E-state index in [1.807, 2.05) is 0 Å². The van der Waals surface area contributed by atoms with E-state index in [9.17, 15) is 0 Å². The molecule has 1 aromatic heterocycles. The first-order valence-electron chi connectivity index (χ1n) is 5.30. The molecular formula is C12H17Br3S. The first-order chi connectivity index (χ1) is 7.21.